The number of aromatic nitrogens is 1. The molecule has 0 saturated carbocycles. The van der Waals surface area contributed by atoms with Gasteiger partial charge in [0.2, 0.25) is 0 Å². The Hall–Kier alpha value is -2.89. The number of amides is 1. The summed E-state index contributed by atoms with van der Waals surface area (Å²) in [5.74, 6) is 0.545. The van der Waals surface area contributed by atoms with Gasteiger partial charge in [-0.2, -0.15) is 5.10 Å². The van der Waals surface area contributed by atoms with Crippen molar-refractivity contribution in [2.24, 2.45) is 5.10 Å². The minimum Gasteiger partial charge on any atom is -0.497 e. The Morgan fingerprint density at radius 3 is 2.62 bits per heavy atom. The Balaban J connectivity index is 1.75. The number of methoxy groups -OCH3 is 1. The van der Waals surface area contributed by atoms with Crippen LogP contribution in [-0.4, -0.2) is 30.8 Å². The van der Waals surface area contributed by atoms with Crippen molar-refractivity contribution in [1.29, 1.82) is 0 Å². The van der Waals surface area contributed by atoms with Crippen LogP contribution < -0.4 is 15.5 Å². The average molecular weight is 284 g/mol. The van der Waals surface area contributed by atoms with E-state index in [1.807, 2.05) is 24.3 Å². The van der Waals surface area contributed by atoms with Crippen LogP contribution in [0.1, 0.15) is 5.56 Å². The molecule has 0 unspecified atom stereocenters. The minimum atomic E-state index is -0.226. The Bertz CT molecular complexity index is 597. The second kappa shape index (κ2) is 7.64. The molecule has 0 saturated heterocycles. The van der Waals surface area contributed by atoms with Gasteiger partial charge in [-0.05, 0) is 42.0 Å². The highest BCUT2D eigenvalue weighted by Crippen LogP contribution is 2.14. The quantitative estimate of drug-likeness (QED) is 0.625. The van der Waals surface area contributed by atoms with Crippen molar-refractivity contribution in [3.8, 4) is 5.75 Å². The SMILES string of the molecule is COc1ccc(NCC(=O)N/N=C/c2ccncc2)cc1. The maximum atomic E-state index is 11.6. The number of carbonyl (C=O) groups excluding carboxylic acids is 1. The zero-order chi connectivity index (χ0) is 14.9. The molecule has 6 nitrogen and oxygen atoms in total. The molecule has 0 atom stereocenters. The van der Waals surface area contributed by atoms with Crippen molar-refractivity contribution in [1.82, 2.24) is 10.4 Å². The van der Waals surface area contributed by atoms with E-state index in [1.165, 1.54) is 0 Å². The zero-order valence-corrected chi connectivity index (χ0v) is 11.6. The number of benzene rings is 1. The number of hydrogen-bond acceptors (Lipinski definition) is 5. The van der Waals surface area contributed by atoms with Crippen molar-refractivity contribution in [2.75, 3.05) is 19.0 Å². The Kier molecular flexibility index (Phi) is 5.28. The van der Waals surface area contributed by atoms with E-state index in [-0.39, 0.29) is 12.5 Å². The first-order valence-corrected chi connectivity index (χ1v) is 6.38. The molecule has 2 N–H and O–H groups in total. The fourth-order valence-electron chi connectivity index (χ4n) is 1.56. The van der Waals surface area contributed by atoms with Crippen LogP contribution in [-0.2, 0) is 4.79 Å². The largest absolute Gasteiger partial charge is 0.497 e. The van der Waals surface area contributed by atoms with E-state index in [9.17, 15) is 4.79 Å². The molecule has 21 heavy (non-hydrogen) atoms. The van der Waals surface area contributed by atoms with Gasteiger partial charge in [0.25, 0.3) is 5.91 Å². The van der Waals surface area contributed by atoms with E-state index in [0.29, 0.717) is 0 Å². The molecule has 108 valence electrons. The standard InChI is InChI=1S/C15H16N4O2/c1-21-14-4-2-13(3-5-14)17-11-15(20)19-18-10-12-6-8-16-9-7-12/h2-10,17H,11H2,1H3,(H,19,20)/b18-10+. The van der Waals surface area contributed by atoms with Gasteiger partial charge >= 0.3 is 0 Å². The number of anilines is 1. The van der Waals surface area contributed by atoms with Crippen LogP contribution in [0.2, 0.25) is 0 Å². The molecule has 6 heteroatoms. The predicted molar refractivity (Wildman–Crippen MR) is 81.5 cm³/mol. The summed E-state index contributed by atoms with van der Waals surface area (Å²) < 4.78 is 5.06. The first-order valence-electron chi connectivity index (χ1n) is 6.38. The summed E-state index contributed by atoms with van der Waals surface area (Å²) in [6.07, 6.45) is 4.88. The van der Waals surface area contributed by atoms with Gasteiger partial charge in [0.15, 0.2) is 0 Å². The highest BCUT2D eigenvalue weighted by Gasteiger charge is 1.99. The lowest BCUT2D eigenvalue weighted by Gasteiger charge is -2.06. The summed E-state index contributed by atoms with van der Waals surface area (Å²) in [4.78, 5) is 15.5. The molecule has 0 radical (unpaired) electrons. The molecule has 0 aliphatic carbocycles. The molecule has 1 aromatic heterocycles. The van der Waals surface area contributed by atoms with Gasteiger partial charge in [-0.3, -0.25) is 9.78 Å². The van der Waals surface area contributed by atoms with Crippen molar-refractivity contribution >= 4 is 17.8 Å². The van der Waals surface area contributed by atoms with Crippen LogP contribution in [0, 0.1) is 0 Å². The monoisotopic (exact) mass is 284 g/mol. The maximum absolute atomic E-state index is 11.6. The number of nitrogens with one attached hydrogen (secondary N) is 2. The first-order chi connectivity index (χ1) is 10.3. The fraction of sp³-hybridized carbons (Fsp3) is 0.133. The minimum absolute atomic E-state index is 0.139. The van der Waals surface area contributed by atoms with Gasteiger partial charge in [-0.1, -0.05) is 0 Å². The van der Waals surface area contributed by atoms with Gasteiger partial charge in [0, 0.05) is 18.1 Å². The zero-order valence-electron chi connectivity index (χ0n) is 11.6. The number of ether oxygens (including phenoxy) is 1. The lowest BCUT2D eigenvalue weighted by molar-refractivity contribution is -0.119. The van der Waals surface area contributed by atoms with Crippen LogP contribution >= 0.6 is 0 Å². The van der Waals surface area contributed by atoms with Crippen LogP contribution in [0.4, 0.5) is 5.69 Å². The van der Waals surface area contributed by atoms with Gasteiger partial charge in [0.1, 0.15) is 5.75 Å². The predicted octanol–water partition coefficient (Wildman–Crippen LogP) is 1.65. The van der Waals surface area contributed by atoms with Gasteiger partial charge in [-0.15, -0.1) is 0 Å². The van der Waals surface area contributed by atoms with Gasteiger partial charge < -0.3 is 10.1 Å². The molecular weight excluding hydrogens is 268 g/mol. The molecule has 1 aromatic carbocycles. The van der Waals surface area contributed by atoms with Crippen molar-refractivity contribution < 1.29 is 9.53 Å². The number of hydrogen-bond donors (Lipinski definition) is 2. The number of carbonyl (C=O) groups is 1. The highest BCUT2D eigenvalue weighted by molar-refractivity contribution is 5.84. The molecule has 1 heterocycles. The van der Waals surface area contributed by atoms with Gasteiger partial charge in [-0.25, -0.2) is 5.43 Å². The fourth-order valence-corrected chi connectivity index (χ4v) is 1.56. The van der Waals surface area contributed by atoms with Gasteiger partial charge in [0.05, 0.1) is 19.9 Å². The van der Waals surface area contributed by atoms with E-state index >= 15 is 0 Å². The van der Waals surface area contributed by atoms with Crippen LogP contribution in [0.15, 0.2) is 53.9 Å². The molecule has 0 aliphatic heterocycles. The third-order valence-electron chi connectivity index (χ3n) is 2.65. The number of rotatable bonds is 6. The molecule has 0 bridgehead atoms. The van der Waals surface area contributed by atoms with Crippen molar-refractivity contribution in [3.05, 3.63) is 54.4 Å². The number of pyridine rings is 1. The molecule has 0 spiro atoms. The molecule has 0 aliphatic rings. The maximum Gasteiger partial charge on any atom is 0.259 e. The summed E-state index contributed by atoms with van der Waals surface area (Å²) in [6, 6.07) is 10.9. The Morgan fingerprint density at radius 1 is 1.24 bits per heavy atom. The normalized spacial score (nSPS) is 10.3. The lowest BCUT2D eigenvalue weighted by Crippen LogP contribution is -2.25. The summed E-state index contributed by atoms with van der Waals surface area (Å²) in [6.45, 7) is 0.139. The number of nitrogens with zero attached hydrogens (tertiary/aromatic N) is 2. The molecule has 2 aromatic rings. The molecular formula is C15H16N4O2. The topological polar surface area (TPSA) is 75.6 Å². The summed E-state index contributed by atoms with van der Waals surface area (Å²) in [5.41, 5.74) is 4.15. The molecule has 2 rings (SSSR count). The van der Waals surface area contributed by atoms with E-state index in [4.69, 9.17) is 4.74 Å². The average Bonchev–Trinajstić information content (AvgIpc) is 2.54. The van der Waals surface area contributed by atoms with E-state index in [2.05, 4.69) is 20.8 Å². The van der Waals surface area contributed by atoms with Crippen molar-refractivity contribution in [2.45, 2.75) is 0 Å². The molecule has 0 fully saturated rings. The molecule has 1 amide bonds. The van der Waals surface area contributed by atoms with E-state index in [1.54, 1.807) is 37.9 Å². The summed E-state index contributed by atoms with van der Waals surface area (Å²) in [7, 11) is 1.61. The van der Waals surface area contributed by atoms with Crippen LogP contribution in [0.5, 0.6) is 5.75 Å². The second-order valence-electron chi connectivity index (χ2n) is 4.16. The number of hydrazone groups is 1. The van der Waals surface area contributed by atoms with Crippen molar-refractivity contribution in [3.63, 3.8) is 0 Å². The second-order valence-corrected chi connectivity index (χ2v) is 4.16. The third kappa shape index (κ3) is 4.94. The van der Waals surface area contributed by atoms with E-state index < -0.39 is 0 Å². The third-order valence-corrected chi connectivity index (χ3v) is 2.65. The van der Waals surface area contributed by atoms with Crippen LogP contribution in [0.25, 0.3) is 0 Å². The lowest BCUT2D eigenvalue weighted by atomic mass is 10.3. The smallest absolute Gasteiger partial charge is 0.259 e. The van der Waals surface area contributed by atoms with Crippen LogP contribution in [0.3, 0.4) is 0 Å². The van der Waals surface area contributed by atoms with E-state index in [0.717, 1.165) is 17.0 Å². The summed E-state index contributed by atoms with van der Waals surface area (Å²) in [5, 5.41) is 6.86. The Labute approximate surface area is 122 Å². The highest BCUT2D eigenvalue weighted by atomic mass is 16.5. The Morgan fingerprint density at radius 2 is 1.95 bits per heavy atom. The summed E-state index contributed by atoms with van der Waals surface area (Å²) >= 11 is 0. The first kappa shape index (κ1) is 14.5.